The lowest BCUT2D eigenvalue weighted by Gasteiger charge is -2.30. The van der Waals surface area contributed by atoms with E-state index in [2.05, 4.69) is 5.32 Å². The fourth-order valence-corrected chi connectivity index (χ4v) is 1.93. The first-order valence-corrected chi connectivity index (χ1v) is 5.40. The number of thiocarbonyl (C=S) groups is 1. The van der Waals surface area contributed by atoms with Gasteiger partial charge in [0.05, 0.1) is 5.70 Å². The van der Waals surface area contributed by atoms with E-state index in [9.17, 15) is 4.79 Å². The molecule has 16 heavy (non-hydrogen) atoms. The first-order valence-electron chi connectivity index (χ1n) is 4.99. The Morgan fingerprint density at radius 2 is 2.06 bits per heavy atom. The van der Waals surface area contributed by atoms with Gasteiger partial charge in [-0.15, -0.1) is 0 Å². The summed E-state index contributed by atoms with van der Waals surface area (Å²) in [7, 11) is 1.86. The zero-order chi connectivity index (χ0) is 11.5. The van der Waals surface area contributed by atoms with Gasteiger partial charge in [0.2, 0.25) is 0 Å². The van der Waals surface area contributed by atoms with Crippen LogP contribution in [0.25, 0.3) is 5.70 Å². The Kier molecular flexibility index (Phi) is 3.01. The lowest BCUT2D eigenvalue weighted by atomic mass is 10.0. The summed E-state index contributed by atoms with van der Waals surface area (Å²) < 4.78 is 0. The van der Waals surface area contributed by atoms with Gasteiger partial charge < -0.3 is 10.2 Å². The van der Waals surface area contributed by atoms with Gasteiger partial charge >= 0.3 is 0 Å². The van der Waals surface area contributed by atoms with Crippen molar-refractivity contribution in [2.75, 3.05) is 13.6 Å². The van der Waals surface area contributed by atoms with Gasteiger partial charge in [-0.3, -0.25) is 4.79 Å². The van der Waals surface area contributed by atoms with Gasteiger partial charge in [-0.1, -0.05) is 30.3 Å². The molecule has 0 radical (unpaired) electrons. The van der Waals surface area contributed by atoms with Crippen LogP contribution in [0.3, 0.4) is 0 Å². The standard InChI is InChI=1S/C12H12N2OS/c1-14-11(9-5-3-2-4-6-9)10(8-15)7-13-12(14)16/h2-6,8H,7H2,1H3,(H,13,16). The fraction of sp³-hybridized carbons (Fsp3) is 0.167. The molecule has 4 heteroatoms. The number of hydrogen-bond acceptors (Lipinski definition) is 2. The number of carbonyl (C=O) groups is 1. The Bertz CT molecular complexity index is 453. The number of benzene rings is 1. The molecule has 3 nitrogen and oxygen atoms in total. The van der Waals surface area contributed by atoms with Gasteiger partial charge in [-0.05, 0) is 17.8 Å². The maximum absolute atomic E-state index is 11.0. The monoisotopic (exact) mass is 232 g/mol. The first kappa shape index (κ1) is 10.8. The van der Waals surface area contributed by atoms with Gasteiger partial charge in [0, 0.05) is 19.2 Å². The summed E-state index contributed by atoms with van der Waals surface area (Å²) >= 11 is 5.17. The van der Waals surface area contributed by atoms with Crippen LogP contribution in [0.2, 0.25) is 0 Å². The average molecular weight is 232 g/mol. The van der Waals surface area contributed by atoms with E-state index in [0.29, 0.717) is 11.7 Å². The molecule has 0 unspecified atom stereocenters. The molecule has 82 valence electrons. The van der Waals surface area contributed by atoms with E-state index < -0.39 is 0 Å². The molecule has 0 bridgehead atoms. The molecule has 1 N–H and O–H groups in total. The van der Waals surface area contributed by atoms with E-state index >= 15 is 0 Å². The van der Waals surface area contributed by atoms with Crippen LogP contribution in [0.15, 0.2) is 35.9 Å². The van der Waals surface area contributed by atoms with Gasteiger partial charge in [0.15, 0.2) is 5.11 Å². The Hall–Kier alpha value is -1.68. The van der Waals surface area contributed by atoms with Crippen LogP contribution >= 0.6 is 12.2 Å². The smallest absolute Gasteiger partial charge is 0.173 e. The molecule has 0 fully saturated rings. The third-order valence-electron chi connectivity index (χ3n) is 2.56. The molecule has 0 saturated carbocycles. The molecule has 1 aromatic carbocycles. The normalized spacial score (nSPS) is 16.1. The average Bonchev–Trinajstić information content (AvgIpc) is 2.33. The molecule has 0 atom stereocenters. The number of aldehydes is 1. The Morgan fingerprint density at radius 3 is 2.69 bits per heavy atom. The Labute approximate surface area is 99.8 Å². The SMILES string of the molecule is CN1C(=S)NCC(C=O)=C1c1ccccc1. The van der Waals surface area contributed by atoms with Crippen LogP contribution in [-0.2, 0) is 4.79 Å². The van der Waals surface area contributed by atoms with Crippen molar-refractivity contribution in [2.45, 2.75) is 0 Å². The van der Waals surface area contributed by atoms with Crippen molar-refractivity contribution in [3.8, 4) is 0 Å². The van der Waals surface area contributed by atoms with Crippen LogP contribution in [0.5, 0.6) is 0 Å². The zero-order valence-electron chi connectivity index (χ0n) is 8.93. The van der Waals surface area contributed by atoms with E-state index in [4.69, 9.17) is 12.2 Å². The number of nitrogens with one attached hydrogen (secondary N) is 1. The molecule has 1 aliphatic heterocycles. The number of carbonyl (C=O) groups excluding carboxylic acids is 1. The minimum absolute atomic E-state index is 0.497. The second-order valence-electron chi connectivity index (χ2n) is 3.58. The molecule has 0 amide bonds. The Balaban J connectivity index is 2.53. The maximum Gasteiger partial charge on any atom is 0.173 e. The second-order valence-corrected chi connectivity index (χ2v) is 3.96. The van der Waals surface area contributed by atoms with Crippen molar-refractivity contribution in [1.29, 1.82) is 0 Å². The number of rotatable bonds is 2. The van der Waals surface area contributed by atoms with Crippen molar-refractivity contribution in [3.05, 3.63) is 41.5 Å². The predicted octanol–water partition coefficient (Wildman–Crippen LogP) is 1.42. The summed E-state index contributed by atoms with van der Waals surface area (Å²) in [6.07, 6.45) is 0.883. The molecule has 1 heterocycles. The molecule has 0 saturated heterocycles. The van der Waals surface area contributed by atoms with E-state index in [-0.39, 0.29) is 0 Å². The lowest BCUT2D eigenvalue weighted by molar-refractivity contribution is -0.104. The summed E-state index contributed by atoms with van der Waals surface area (Å²) in [6, 6.07) is 9.80. The van der Waals surface area contributed by atoms with Crippen LogP contribution in [0.4, 0.5) is 0 Å². The van der Waals surface area contributed by atoms with E-state index in [1.54, 1.807) is 0 Å². The summed E-state index contributed by atoms with van der Waals surface area (Å²) in [6.45, 7) is 0.497. The topological polar surface area (TPSA) is 32.3 Å². The van der Waals surface area contributed by atoms with Gasteiger partial charge in [-0.2, -0.15) is 0 Å². The van der Waals surface area contributed by atoms with Gasteiger partial charge in [0.1, 0.15) is 6.29 Å². The number of nitrogens with zero attached hydrogens (tertiary/aromatic N) is 1. The second kappa shape index (κ2) is 4.45. The van der Waals surface area contributed by atoms with Crippen molar-refractivity contribution in [1.82, 2.24) is 10.2 Å². The molecule has 0 aliphatic carbocycles. The van der Waals surface area contributed by atoms with E-state index in [1.165, 1.54) is 0 Å². The minimum Gasteiger partial charge on any atom is -0.358 e. The Morgan fingerprint density at radius 1 is 1.38 bits per heavy atom. The van der Waals surface area contributed by atoms with Crippen molar-refractivity contribution < 1.29 is 4.79 Å². The largest absolute Gasteiger partial charge is 0.358 e. The van der Waals surface area contributed by atoms with Crippen LogP contribution in [0, 0.1) is 0 Å². The third-order valence-corrected chi connectivity index (χ3v) is 2.98. The van der Waals surface area contributed by atoms with Crippen LogP contribution < -0.4 is 5.32 Å². The summed E-state index contributed by atoms with van der Waals surface area (Å²) in [5, 5.41) is 3.64. The summed E-state index contributed by atoms with van der Waals surface area (Å²) in [5.41, 5.74) is 2.62. The summed E-state index contributed by atoms with van der Waals surface area (Å²) in [5.74, 6) is 0. The molecule has 1 aliphatic rings. The van der Waals surface area contributed by atoms with E-state index in [0.717, 1.165) is 23.1 Å². The van der Waals surface area contributed by atoms with Gasteiger partial charge in [-0.25, -0.2) is 0 Å². The minimum atomic E-state index is 0.497. The van der Waals surface area contributed by atoms with Crippen LogP contribution in [-0.4, -0.2) is 29.9 Å². The molecule has 0 spiro atoms. The third kappa shape index (κ3) is 1.84. The quantitative estimate of drug-likeness (QED) is 0.617. The highest BCUT2D eigenvalue weighted by Crippen LogP contribution is 2.23. The zero-order valence-corrected chi connectivity index (χ0v) is 9.75. The molecule has 2 rings (SSSR count). The highest BCUT2D eigenvalue weighted by atomic mass is 32.1. The number of hydrogen-bond donors (Lipinski definition) is 1. The first-order chi connectivity index (χ1) is 7.74. The molecular formula is C12H12N2OS. The van der Waals surface area contributed by atoms with Crippen LogP contribution in [0.1, 0.15) is 5.56 Å². The molecule has 1 aromatic rings. The lowest BCUT2D eigenvalue weighted by Crippen LogP contribution is -2.42. The fourth-order valence-electron chi connectivity index (χ4n) is 1.76. The van der Waals surface area contributed by atoms with E-state index in [1.807, 2.05) is 42.3 Å². The highest BCUT2D eigenvalue weighted by molar-refractivity contribution is 7.80. The van der Waals surface area contributed by atoms with Crippen molar-refractivity contribution >= 4 is 29.3 Å². The highest BCUT2D eigenvalue weighted by Gasteiger charge is 2.21. The maximum atomic E-state index is 11.0. The van der Waals surface area contributed by atoms with Crippen molar-refractivity contribution in [3.63, 3.8) is 0 Å². The van der Waals surface area contributed by atoms with Crippen molar-refractivity contribution in [2.24, 2.45) is 0 Å². The van der Waals surface area contributed by atoms with Gasteiger partial charge in [0.25, 0.3) is 0 Å². The summed E-state index contributed by atoms with van der Waals surface area (Å²) in [4.78, 5) is 12.9. The predicted molar refractivity (Wildman–Crippen MR) is 67.8 cm³/mol. The molecular weight excluding hydrogens is 220 g/mol. The molecule has 0 aromatic heterocycles.